The molecule has 31 heavy (non-hydrogen) atoms. The molecule has 0 saturated heterocycles. The first-order chi connectivity index (χ1) is 14.7. The van der Waals surface area contributed by atoms with Gasteiger partial charge in [-0.3, -0.25) is 0 Å². The fourth-order valence-corrected chi connectivity index (χ4v) is 3.85. The number of halogens is 2. The fourth-order valence-electron chi connectivity index (χ4n) is 2.71. The van der Waals surface area contributed by atoms with Crippen LogP contribution in [0.2, 0.25) is 5.02 Å². The van der Waals surface area contributed by atoms with Crippen molar-refractivity contribution in [2.45, 2.75) is 45.9 Å². The van der Waals surface area contributed by atoms with Crippen LogP contribution < -0.4 is 15.8 Å². The van der Waals surface area contributed by atoms with Crippen molar-refractivity contribution in [2.24, 2.45) is 5.73 Å². The molecule has 166 valence electrons. The van der Waals surface area contributed by atoms with Crippen molar-refractivity contribution < 1.29 is 14.2 Å². The van der Waals surface area contributed by atoms with Gasteiger partial charge in [0.05, 0.1) is 28.5 Å². The topological polar surface area (TPSA) is 106 Å². The van der Waals surface area contributed by atoms with Gasteiger partial charge in [-0.25, -0.2) is 9.37 Å². The van der Waals surface area contributed by atoms with Crippen molar-refractivity contribution in [3.63, 3.8) is 0 Å². The predicted octanol–water partition coefficient (Wildman–Crippen LogP) is 4.28. The van der Waals surface area contributed by atoms with Gasteiger partial charge in [-0.2, -0.15) is 0 Å². The fraction of sp³-hybridized carbons (Fsp3) is 0.381. The van der Waals surface area contributed by atoms with Crippen LogP contribution in [0.4, 0.5) is 10.1 Å². The Hall–Kier alpha value is -2.33. The van der Waals surface area contributed by atoms with Crippen molar-refractivity contribution in [2.75, 3.05) is 11.9 Å². The lowest BCUT2D eigenvalue weighted by Crippen LogP contribution is -2.38. The maximum atomic E-state index is 14.5. The lowest BCUT2D eigenvalue weighted by Gasteiger charge is -2.16. The summed E-state index contributed by atoms with van der Waals surface area (Å²) >= 11 is 7.62. The van der Waals surface area contributed by atoms with Crippen LogP contribution >= 0.6 is 22.9 Å². The van der Waals surface area contributed by atoms with Crippen molar-refractivity contribution >= 4 is 28.6 Å². The van der Waals surface area contributed by atoms with E-state index in [1.165, 1.54) is 30.4 Å². The summed E-state index contributed by atoms with van der Waals surface area (Å²) in [6, 6.07) is 6.11. The summed E-state index contributed by atoms with van der Waals surface area (Å²) in [5.74, 6) is -0.646. The minimum absolute atomic E-state index is 0.0416. The molecule has 7 nitrogen and oxygen atoms in total. The highest BCUT2D eigenvalue weighted by atomic mass is 35.5. The minimum Gasteiger partial charge on any atom is -0.489 e. The number of aliphatic hydroxyl groups excluding tert-OH is 1. The third-order valence-electron chi connectivity index (χ3n) is 4.48. The molecule has 4 N–H and O–H groups in total. The van der Waals surface area contributed by atoms with Crippen LogP contribution in [0, 0.1) is 12.7 Å². The number of benzene rings is 1. The molecular formula is C21H25ClFN5O2S. The molecule has 0 bridgehead atoms. The highest BCUT2D eigenvalue weighted by Gasteiger charge is 2.18. The molecule has 2 atom stereocenters. The zero-order chi connectivity index (χ0) is 22.7. The Labute approximate surface area is 189 Å². The molecule has 2 heterocycles. The van der Waals surface area contributed by atoms with Gasteiger partial charge in [0.1, 0.15) is 17.3 Å². The van der Waals surface area contributed by atoms with Crippen molar-refractivity contribution in [1.82, 2.24) is 15.2 Å². The Morgan fingerprint density at radius 1 is 1.23 bits per heavy atom. The summed E-state index contributed by atoms with van der Waals surface area (Å²) in [5, 5.41) is 22.5. The predicted molar refractivity (Wildman–Crippen MR) is 122 cm³/mol. The summed E-state index contributed by atoms with van der Waals surface area (Å²) in [5.41, 5.74) is 8.61. The number of nitrogens with two attached hydrogens (primary N) is 1. The average Bonchev–Trinajstić information content (AvgIpc) is 3.19. The van der Waals surface area contributed by atoms with Crippen LogP contribution in [0.3, 0.4) is 0 Å². The Bertz CT molecular complexity index is 1060. The van der Waals surface area contributed by atoms with Gasteiger partial charge >= 0.3 is 0 Å². The minimum atomic E-state index is -0.773. The molecule has 0 unspecified atom stereocenters. The maximum absolute atomic E-state index is 14.5. The van der Waals surface area contributed by atoms with Gasteiger partial charge in [0.2, 0.25) is 0 Å². The molecule has 0 fully saturated rings. The number of anilines is 1. The number of ether oxygens (including phenoxy) is 1. The van der Waals surface area contributed by atoms with Crippen LogP contribution in [0.1, 0.15) is 26.5 Å². The number of nitrogens with zero attached hydrogens (tertiary/aromatic N) is 3. The number of aliphatic hydroxyl groups is 1. The molecular weight excluding hydrogens is 441 g/mol. The zero-order valence-electron chi connectivity index (χ0n) is 17.7. The molecule has 0 aliphatic rings. The van der Waals surface area contributed by atoms with Gasteiger partial charge in [-0.15, -0.1) is 10.2 Å². The quantitative estimate of drug-likeness (QED) is 0.456. The summed E-state index contributed by atoms with van der Waals surface area (Å²) in [4.78, 5) is 4.60. The van der Waals surface area contributed by atoms with E-state index in [-0.39, 0.29) is 17.4 Å². The highest BCUT2D eigenvalue weighted by Crippen LogP contribution is 2.37. The number of nitrogens with one attached hydrogen (secondary N) is 1. The van der Waals surface area contributed by atoms with Crippen LogP contribution in [0.15, 0.2) is 24.3 Å². The van der Waals surface area contributed by atoms with Gasteiger partial charge in [-0.1, -0.05) is 22.9 Å². The normalized spacial score (nSPS) is 13.3. The Morgan fingerprint density at radius 2 is 1.94 bits per heavy atom. The highest BCUT2D eigenvalue weighted by molar-refractivity contribution is 7.17. The maximum Gasteiger partial charge on any atom is 0.166 e. The van der Waals surface area contributed by atoms with E-state index in [9.17, 15) is 9.50 Å². The largest absolute Gasteiger partial charge is 0.489 e. The summed E-state index contributed by atoms with van der Waals surface area (Å²) in [6.07, 6.45) is -0.773. The number of rotatable bonds is 8. The molecule has 10 heteroatoms. The van der Waals surface area contributed by atoms with Gasteiger partial charge in [-0.05, 0) is 45.9 Å². The lowest BCUT2D eigenvalue weighted by atomic mass is 10.2. The van der Waals surface area contributed by atoms with Crippen molar-refractivity contribution in [3.8, 4) is 27.0 Å². The van der Waals surface area contributed by atoms with Crippen molar-refractivity contribution in [3.05, 3.63) is 40.8 Å². The van der Waals surface area contributed by atoms with Gasteiger partial charge in [0, 0.05) is 17.7 Å². The van der Waals surface area contributed by atoms with E-state index in [0.29, 0.717) is 27.3 Å². The molecule has 0 radical (unpaired) electrons. The number of hydrogen-bond acceptors (Lipinski definition) is 8. The Kier molecular flexibility index (Phi) is 7.42. The van der Waals surface area contributed by atoms with E-state index in [4.69, 9.17) is 22.1 Å². The molecule has 2 aromatic heterocycles. The van der Waals surface area contributed by atoms with Crippen LogP contribution in [-0.2, 0) is 0 Å². The summed E-state index contributed by atoms with van der Waals surface area (Å²) < 4.78 is 19.9. The summed E-state index contributed by atoms with van der Waals surface area (Å²) in [6.45, 7) is 7.54. The standard InChI is InChI=1S/C21H25ClFN5O2S/c1-10(2)25-17-5-6-18(26-11(17)3)21-28-27-20(31-21)13-7-15(23)19(8-14(13)22)30-9-16(24)12(4)29/h5-8,10,12,16,25,29H,9,24H2,1-4H3/t12-,16-/m0/s1. The second-order valence-electron chi connectivity index (χ2n) is 7.52. The second kappa shape index (κ2) is 9.86. The number of hydrogen-bond donors (Lipinski definition) is 3. The Morgan fingerprint density at radius 3 is 2.58 bits per heavy atom. The molecule has 3 rings (SSSR count). The van der Waals surface area contributed by atoms with Crippen LogP contribution in [0.25, 0.3) is 21.3 Å². The first kappa shape index (κ1) is 23.3. The third kappa shape index (κ3) is 5.68. The SMILES string of the molecule is Cc1nc(-c2nnc(-c3cc(F)c(OC[C@H](N)[C@H](C)O)cc3Cl)s2)ccc1NC(C)C. The monoisotopic (exact) mass is 465 g/mol. The Balaban J connectivity index is 1.82. The molecule has 1 aromatic carbocycles. The van der Waals surface area contributed by atoms with Gasteiger partial charge < -0.3 is 20.9 Å². The molecule has 0 spiro atoms. The number of pyridine rings is 1. The average molecular weight is 466 g/mol. The van der Waals surface area contributed by atoms with Gasteiger partial charge in [0.15, 0.2) is 16.6 Å². The molecule has 0 amide bonds. The smallest absolute Gasteiger partial charge is 0.166 e. The van der Waals surface area contributed by atoms with Crippen LogP contribution in [-0.4, -0.2) is 45.1 Å². The number of aryl methyl sites for hydroxylation is 1. The van der Waals surface area contributed by atoms with E-state index in [2.05, 4.69) is 34.3 Å². The molecule has 0 aliphatic carbocycles. The van der Waals surface area contributed by atoms with E-state index in [1.807, 2.05) is 19.1 Å². The van der Waals surface area contributed by atoms with Crippen molar-refractivity contribution in [1.29, 1.82) is 0 Å². The molecule has 0 saturated carbocycles. The lowest BCUT2D eigenvalue weighted by molar-refractivity contribution is 0.129. The van der Waals surface area contributed by atoms with E-state index in [1.54, 1.807) is 0 Å². The molecule has 3 aromatic rings. The van der Waals surface area contributed by atoms with Crippen LogP contribution in [0.5, 0.6) is 5.75 Å². The molecule has 0 aliphatic heterocycles. The first-order valence-electron chi connectivity index (χ1n) is 9.79. The van der Waals surface area contributed by atoms with E-state index >= 15 is 0 Å². The van der Waals surface area contributed by atoms with E-state index in [0.717, 1.165) is 11.4 Å². The zero-order valence-corrected chi connectivity index (χ0v) is 19.3. The third-order valence-corrected chi connectivity index (χ3v) is 5.77. The summed E-state index contributed by atoms with van der Waals surface area (Å²) in [7, 11) is 0. The van der Waals surface area contributed by atoms with Gasteiger partial charge in [0.25, 0.3) is 0 Å². The number of aromatic nitrogens is 3. The van der Waals surface area contributed by atoms with E-state index < -0.39 is 18.0 Å². The first-order valence-corrected chi connectivity index (χ1v) is 11.0. The second-order valence-corrected chi connectivity index (χ2v) is 8.90.